The van der Waals surface area contributed by atoms with E-state index in [1.54, 1.807) is 0 Å². The number of ether oxygens (including phenoxy) is 3. The summed E-state index contributed by atoms with van der Waals surface area (Å²) in [4.78, 5) is 25.5. The quantitative estimate of drug-likeness (QED) is 0.0345. The second-order valence-corrected chi connectivity index (χ2v) is 18.4. The topological polar surface area (TPSA) is 61.8 Å². The van der Waals surface area contributed by atoms with Crippen molar-refractivity contribution in [3.8, 4) is 0 Å². The second kappa shape index (κ2) is 57.9. The molecule has 388 valence electrons. The van der Waals surface area contributed by atoms with Gasteiger partial charge in [0.25, 0.3) is 0 Å². The predicted molar refractivity (Wildman–Crippen MR) is 297 cm³/mol. The molecule has 68 heavy (non-hydrogen) atoms. The maximum Gasteiger partial charge on any atom is 0.306 e. The standard InChI is InChI=1S/C63H106O5/c1-4-7-10-13-16-19-22-25-28-30-32-33-36-38-41-44-47-50-53-56-62(64)67-60-61(68-63(65)57-54-51-48-45-42-39-35-27-24-21-18-15-12-9-6-3)59-66-58-55-52-49-46-43-40-37-34-31-29-26-23-20-17-14-11-8-5-2/h7-8,10-11,16-17,19-20,25-26,28-29,32-34,37,43,46,61H,4-6,9,12-15,18,21-24,27,30-31,35-36,38-42,44-45,47-60H2,1-3H3/b10-7-,11-8-,19-16-,20-17-,28-25-,29-26-,33-32-,37-34-,46-43-. The number of unbranched alkanes of at least 4 members (excludes halogenated alkanes) is 22. The van der Waals surface area contributed by atoms with Crippen molar-refractivity contribution in [1.29, 1.82) is 0 Å². The molecule has 0 spiro atoms. The van der Waals surface area contributed by atoms with E-state index in [1.165, 1.54) is 103 Å². The Morgan fingerprint density at radius 3 is 1.06 bits per heavy atom. The van der Waals surface area contributed by atoms with Crippen LogP contribution in [0.15, 0.2) is 109 Å². The second-order valence-electron chi connectivity index (χ2n) is 18.4. The average Bonchev–Trinajstić information content (AvgIpc) is 3.34. The van der Waals surface area contributed by atoms with E-state index < -0.39 is 6.10 Å². The molecule has 0 aliphatic rings. The van der Waals surface area contributed by atoms with Gasteiger partial charge < -0.3 is 14.2 Å². The van der Waals surface area contributed by atoms with Gasteiger partial charge in [0, 0.05) is 19.4 Å². The van der Waals surface area contributed by atoms with Crippen LogP contribution in [-0.4, -0.2) is 37.9 Å². The van der Waals surface area contributed by atoms with E-state index in [2.05, 4.69) is 130 Å². The Morgan fingerprint density at radius 2 is 0.662 bits per heavy atom. The van der Waals surface area contributed by atoms with Crippen molar-refractivity contribution in [3.63, 3.8) is 0 Å². The van der Waals surface area contributed by atoms with Crippen molar-refractivity contribution in [2.45, 2.75) is 258 Å². The first-order valence-electron chi connectivity index (χ1n) is 28.4. The van der Waals surface area contributed by atoms with Crippen molar-refractivity contribution in [1.82, 2.24) is 0 Å². The molecule has 0 aromatic heterocycles. The Labute approximate surface area is 421 Å². The third kappa shape index (κ3) is 55.2. The van der Waals surface area contributed by atoms with Gasteiger partial charge in [-0.05, 0) is 103 Å². The minimum Gasteiger partial charge on any atom is -0.462 e. The third-order valence-electron chi connectivity index (χ3n) is 11.8. The molecule has 5 nitrogen and oxygen atoms in total. The molecule has 1 atom stereocenters. The van der Waals surface area contributed by atoms with Crippen molar-refractivity contribution >= 4 is 11.9 Å². The molecule has 0 aliphatic heterocycles. The molecule has 0 aromatic carbocycles. The van der Waals surface area contributed by atoms with Gasteiger partial charge in [-0.2, -0.15) is 0 Å². The molecular formula is C63H106O5. The number of hydrogen-bond donors (Lipinski definition) is 0. The highest BCUT2D eigenvalue weighted by molar-refractivity contribution is 5.70. The van der Waals surface area contributed by atoms with Crippen molar-refractivity contribution in [3.05, 3.63) is 109 Å². The first kappa shape index (κ1) is 64.6. The molecule has 0 N–H and O–H groups in total. The van der Waals surface area contributed by atoms with Crippen LogP contribution >= 0.6 is 0 Å². The van der Waals surface area contributed by atoms with Gasteiger partial charge in [-0.25, -0.2) is 0 Å². The number of allylic oxidation sites excluding steroid dienone is 18. The van der Waals surface area contributed by atoms with Gasteiger partial charge in [-0.1, -0.05) is 246 Å². The summed E-state index contributed by atoms with van der Waals surface area (Å²) in [6, 6.07) is 0. The molecule has 5 heteroatoms. The number of rotatable bonds is 51. The van der Waals surface area contributed by atoms with Crippen LogP contribution in [-0.2, 0) is 23.8 Å². The fourth-order valence-electron chi connectivity index (χ4n) is 7.65. The van der Waals surface area contributed by atoms with Gasteiger partial charge in [0.2, 0.25) is 0 Å². The summed E-state index contributed by atoms with van der Waals surface area (Å²) in [5.74, 6) is -0.436. The van der Waals surface area contributed by atoms with E-state index in [0.717, 1.165) is 116 Å². The molecule has 0 amide bonds. The molecule has 0 fully saturated rings. The van der Waals surface area contributed by atoms with Crippen molar-refractivity contribution < 1.29 is 23.8 Å². The lowest BCUT2D eigenvalue weighted by Gasteiger charge is -2.18. The monoisotopic (exact) mass is 943 g/mol. The first-order chi connectivity index (χ1) is 33.6. The van der Waals surface area contributed by atoms with Gasteiger partial charge in [0.05, 0.1) is 6.61 Å². The SMILES string of the molecule is CC/C=C\C/C=C\C/C=C\C/C=C\C/C=C\CCCCOCC(COC(=O)CCCCCCCC/C=C\C/C=C\C/C=C\C/C=C\CC)OC(=O)CCCCCCCCCCCCCCCCC. The Morgan fingerprint density at radius 1 is 0.338 bits per heavy atom. The van der Waals surface area contributed by atoms with E-state index in [0.29, 0.717) is 19.4 Å². The van der Waals surface area contributed by atoms with Crippen molar-refractivity contribution in [2.75, 3.05) is 19.8 Å². The molecule has 0 saturated carbocycles. The van der Waals surface area contributed by atoms with Crippen LogP contribution < -0.4 is 0 Å². The van der Waals surface area contributed by atoms with E-state index in [9.17, 15) is 9.59 Å². The summed E-state index contributed by atoms with van der Waals surface area (Å²) in [5, 5.41) is 0. The van der Waals surface area contributed by atoms with E-state index in [1.807, 2.05) is 0 Å². The molecule has 0 heterocycles. The molecular weight excluding hydrogens is 837 g/mol. The largest absolute Gasteiger partial charge is 0.462 e. The summed E-state index contributed by atoms with van der Waals surface area (Å²) < 4.78 is 17.4. The van der Waals surface area contributed by atoms with E-state index >= 15 is 0 Å². The minimum atomic E-state index is -0.570. The molecule has 0 radical (unpaired) electrons. The summed E-state index contributed by atoms with van der Waals surface area (Å²) in [6.07, 6.45) is 79.7. The summed E-state index contributed by atoms with van der Waals surface area (Å²) >= 11 is 0. The molecule has 0 aromatic rings. The lowest BCUT2D eigenvalue weighted by atomic mass is 10.0. The highest BCUT2D eigenvalue weighted by Crippen LogP contribution is 2.15. The summed E-state index contributed by atoms with van der Waals surface area (Å²) in [7, 11) is 0. The van der Waals surface area contributed by atoms with Crippen LogP contribution in [0.4, 0.5) is 0 Å². The number of hydrogen-bond acceptors (Lipinski definition) is 5. The highest BCUT2D eigenvalue weighted by Gasteiger charge is 2.17. The summed E-state index contributed by atoms with van der Waals surface area (Å²) in [5.41, 5.74) is 0. The lowest BCUT2D eigenvalue weighted by molar-refractivity contribution is -0.163. The fourth-order valence-corrected chi connectivity index (χ4v) is 7.65. The molecule has 0 bridgehead atoms. The number of esters is 2. The normalized spacial score (nSPS) is 13.0. The van der Waals surface area contributed by atoms with Crippen molar-refractivity contribution in [2.24, 2.45) is 0 Å². The zero-order valence-corrected chi connectivity index (χ0v) is 44.6. The van der Waals surface area contributed by atoms with E-state index in [4.69, 9.17) is 14.2 Å². The Bertz CT molecular complexity index is 1340. The Hall–Kier alpha value is -3.44. The van der Waals surface area contributed by atoms with Crippen LogP contribution in [0, 0.1) is 0 Å². The molecule has 0 rings (SSSR count). The average molecular weight is 944 g/mol. The number of carbonyl (C=O) groups excluding carboxylic acids is 2. The van der Waals surface area contributed by atoms with Crippen LogP contribution in [0.1, 0.15) is 252 Å². The van der Waals surface area contributed by atoms with Crippen LogP contribution in [0.5, 0.6) is 0 Å². The molecule has 0 aliphatic carbocycles. The predicted octanol–water partition coefficient (Wildman–Crippen LogP) is 19.6. The van der Waals surface area contributed by atoms with Crippen LogP contribution in [0.2, 0.25) is 0 Å². The van der Waals surface area contributed by atoms with Gasteiger partial charge in [-0.15, -0.1) is 0 Å². The lowest BCUT2D eigenvalue weighted by Crippen LogP contribution is -2.30. The zero-order chi connectivity index (χ0) is 49.2. The summed E-state index contributed by atoms with van der Waals surface area (Å²) in [6.45, 7) is 7.50. The molecule has 0 saturated heterocycles. The maximum absolute atomic E-state index is 12.9. The zero-order valence-electron chi connectivity index (χ0n) is 44.6. The number of carbonyl (C=O) groups is 2. The third-order valence-corrected chi connectivity index (χ3v) is 11.8. The van der Waals surface area contributed by atoms with Crippen LogP contribution in [0.25, 0.3) is 0 Å². The smallest absolute Gasteiger partial charge is 0.306 e. The highest BCUT2D eigenvalue weighted by atomic mass is 16.6. The van der Waals surface area contributed by atoms with Gasteiger partial charge in [0.15, 0.2) is 6.10 Å². The maximum atomic E-state index is 12.9. The first-order valence-corrected chi connectivity index (χ1v) is 28.4. The minimum absolute atomic E-state index is 0.0563. The van der Waals surface area contributed by atoms with Gasteiger partial charge in [0.1, 0.15) is 6.61 Å². The van der Waals surface area contributed by atoms with Crippen LogP contribution in [0.3, 0.4) is 0 Å². The Kier molecular flexibility index (Phi) is 54.9. The fraction of sp³-hybridized carbons (Fsp3) is 0.683. The van der Waals surface area contributed by atoms with E-state index in [-0.39, 0.29) is 25.2 Å². The Balaban J connectivity index is 4.38. The molecule has 1 unspecified atom stereocenters. The van der Waals surface area contributed by atoms with Gasteiger partial charge >= 0.3 is 11.9 Å². The van der Waals surface area contributed by atoms with Gasteiger partial charge in [-0.3, -0.25) is 9.59 Å².